The normalized spacial score (nSPS) is 11.6. The van der Waals surface area contributed by atoms with Crippen molar-refractivity contribution in [3.63, 3.8) is 0 Å². The molecule has 1 amide bonds. The Morgan fingerprint density at radius 1 is 1.19 bits per heavy atom. The van der Waals surface area contributed by atoms with Gasteiger partial charge in [0.1, 0.15) is 16.8 Å². The van der Waals surface area contributed by atoms with Crippen molar-refractivity contribution in [2.45, 2.75) is 63.8 Å². The molecule has 0 saturated heterocycles. The molecule has 36 heavy (non-hydrogen) atoms. The highest BCUT2D eigenvalue weighted by atomic mass is 32.2. The minimum absolute atomic E-state index is 0.0114. The van der Waals surface area contributed by atoms with Crippen LogP contribution in [-0.4, -0.2) is 52.8 Å². The van der Waals surface area contributed by atoms with Gasteiger partial charge in [-0.15, -0.1) is 23.1 Å². The van der Waals surface area contributed by atoms with Crippen LogP contribution in [0.5, 0.6) is 0 Å². The molecule has 0 fully saturated rings. The summed E-state index contributed by atoms with van der Waals surface area (Å²) in [5.74, 6) is -0.711. The van der Waals surface area contributed by atoms with Crippen LogP contribution in [0.3, 0.4) is 0 Å². The number of nitrogen functional groups attached to an aromatic ring is 2. The van der Waals surface area contributed by atoms with Crippen LogP contribution in [-0.2, 0) is 31.9 Å². The number of amides is 1. The SMILES string of the molecule is CCOC(=O)CC[C@H](NC(=O)c1sc(CCCSc2c(N)nc(N)[nH]c2=O)cc1CC)C(=O)OCC. The van der Waals surface area contributed by atoms with Crippen molar-refractivity contribution in [2.75, 3.05) is 30.4 Å². The molecule has 0 saturated carbocycles. The average molecular weight is 540 g/mol. The second-order valence-electron chi connectivity index (χ2n) is 7.66. The number of carbonyl (C=O) groups excluding carboxylic acids is 3. The molecule has 13 heteroatoms. The van der Waals surface area contributed by atoms with E-state index < -0.39 is 18.0 Å². The van der Waals surface area contributed by atoms with Crippen molar-refractivity contribution < 1.29 is 23.9 Å². The number of aryl methyl sites for hydroxylation is 2. The summed E-state index contributed by atoms with van der Waals surface area (Å²) in [4.78, 5) is 57.3. The van der Waals surface area contributed by atoms with Crippen LogP contribution in [0.4, 0.5) is 11.8 Å². The van der Waals surface area contributed by atoms with Gasteiger partial charge in [-0.25, -0.2) is 4.79 Å². The lowest BCUT2D eigenvalue weighted by atomic mass is 10.1. The van der Waals surface area contributed by atoms with E-state index in [1.54, 1.807) is 13.8 Å². The zero-order chi connectivity index (χ0) is 26.7. The van der Waals surface area contributed by atoms with Crippen molar-refractivity contribution in [1.82, 2.24) is 15.3 Å². The van der Waals surface area contributed by atoms with E-state index in [-0.39, 0.29) is 49.3 Å². The van der Waals surface area contributed by atoms with Crippen LogP contribution < -0.4 is 22.3 Å². The molecule has 6 N–H and O–H groups in total. The van der Waals surface area contributed by atoms with Gasteiger partial charge in [-0.2, -0.15) is 4.98 Å². The minimum atomic E-state index is -0.953. The molecule has 0 aliphatic rings. The fraction of sp³-hybridized carbons (Fsp3) is 0.522. The molecule has 0 aliphatic heterocycles. The molecule has 0 radical (unpaired) electrons. The lowest BCUT2D eigenvalue weighted by molar-refractivity contribution is -0.146. The lowest BCUT2D eigenvalue weighted by Crippen LogP contribution is -2.42. The number of aromatic nitrogens is 2. The molecule has 2 heterocycles. The van der Waals surface area contributed by atoms with E-state index in [0.717, 1.165) is 16.9 Å². The fourth-order valence-corrected chi connectivity index (χ4v) is 5.40. The van der Waals surface area contributed by atoms with Crippen LogP contribution in [0.25, 0.3) is 0 Å². The number of nitrogens with zero attached hydrogens (tertiary/aromatic N) is 1. The third-order valence-corrected chi connectivity index (χ3v) is 7.41. The Hall–Kier alpha value is -3.06. The van der Waals surface area contributed by atoms with Crippen LogP contribution >= 0.6 is 23.1 Å². The van der Waals surface area contributed by atoms with Crippen molar-refractivity contribution in [1.29, 1.82) is 0 Å². The van der Waals surface area contributed by atoms with Gasteiger partial charge in [0, 0.05) is 11.3 Å². The first kappa shape index (κ1) is 29.2. The van der Waals surface area contributed by atoms with Crippen LogP contribution in [0.15, 0.2) is 15.8 Å². The number of nitrogens with one attached hydrogen (secondary N) is 2. The second-order valence-corrected chi connectivity index (χ2v) is 9.90. The molecule has 2 aromatic rings. The fourth-order valence-electron chi connectivity index (χ4n) is 3.33. The third-order valence-electron chi connectivity index (χ3n) is 5.00. The number of ether oxygens (including phenoxy) is 2. The number of thiophene rings is 1. The molecule has 0 spiro atoms. The van der Waals surface area contributed by atoms with Crippen molar-refractivity contribution >= 4 is 52.7 Å². The number of esters is 2. The summed E-state index contributed by atoms with van der Waals surface area (Å²) in [7, 11) is 0. The summed E-state index contributed by atoms with van der Waals surface area (Å²) in [5, 5.41) is 2.72. The Bertz CT molecular complexity index is 1120. The van der Waals surface area contributed by atoms with Gasteiger partial charge in [0.25, 0.3) is 11.5 Å². The first-order chi connectivity index (χ1) is 17.2. The highest BCUT2D eigenvalue weighted by Gasteiger charge is 2.26. The topological polar surface area (TPSA) is 179 Å². The number of carbonyl (C=O) groups is 3. The van der Waals surface area contributed by atoms with E-state index in [2.05, 4.69) is 15.3 Å². The minimum Gasteiger partial charge on any atom is -0.466 e. The molecule has 0 unspecified atom stereocenters. The van der Waals surface area contributed by atoms with Crippen LogP contribution in [0.2, 0.25) is 0 Å². The van der Waals surface area contributed by atoms with Gasteiger partial charge >= 0.3 is 11.9 Å². The van der Waals surface area contributed by atoms with Gasteiger partial charge < -0.3 is 26.3 Å². The van der Waals surface area contributed by atoms with Gasteiger partial charge in [0.15, 0.2) is 0 Å². The Balaban J connectivity index is 2.01. The van der Waals surface area contributed by atoms with Crippen LogP contribution in [0.1, 0.15) is 60.1 Å². The number of rotatable bonds is 14. The highest BCUT2D eigenvalue weighted by molar-refractivity contribution is 7.99. The van der Waals surface area contributed by atoms with Crippen molar-refractivity contribution in [2.24, 2.45) is 0 Å². The summed E-state index contributed by atoms with van der Waals surface area (Å²) in [6, 6.07) is 1.03. The maximum atomic E-state index is 13.0. The number of aromatic amines is 1. The Kier molecular flexibility index (Phi) is 11.7. The largest absolute Gasteiger partial charge is 0.466 e. The standard InChI is InChI=1S/C23H33N5O6S2/c1-4-13-12-14(8-7-11-35-18-19(24)27-23(25)28-21(18)31)36-17(13)20(30)26-15(22(32)34-6-3)9-10-16(29)33-5-2/h12,15H,4-11H2,1-3H3,(H,26,30)(H5,24,25,27,28,31)/t15-/m0/s1. The Labute approximate surface area is 217 Å². The summed E-state index contributed by atoms with van der Waals surface area (Å²) >= 11 is 2.66. The van der Waals surface area contributed by atoms with E-state index in [1.165, 1.54) is 23.1 Å². The van der Waals surface area contributed by atoms with E-state index in [4.69, 9.17) is 20.9 Å². The number of hydrogen-bond donors (Lipinski definition) is 4. The predicted molar refractivity (Wildman–Crippen MR) is 140 cm³/mol. The molecule has 0 bridgehead atoms. The smallest absolute Gasteiger partial charge is 0.328 e. The number of hydrogen-bond acceptors (Lipinski definition) is 11. The second kappa shape index (κ2) is 14.5. The maximum Gasteiger partial charge on any atom is 0.328 e. The quantitative estimate of drug-likeness (QED) is 0.158. The van der Waals surface area contributed by atoms with E-state index in [0.29, 0.717) is 28.4 Å². The Morgan fingerprint density at radius 2 is 1.92 bits per heavy atom. The summed E-state index contributed by atoms with van der Waals surface area (Å²) in [5.41, 5.74) is 11.8. The van der Waals surface area contributed by atoms with E-state index in [1.807, 2.05) is 13.0 Å². The molecule has 2 aromatic heterocycles. The summed E-state index contributed by atoms with van der Waals surface area (Å²) < 4.78 is 9.99. The predicted octanol–water partition coefficient (Wildman–Crippen LogP) is 2.29. The molecular weight excluding hydrogens is 506 g/mol. The first-order valence-electron chi connectivity index (χ1n) is 11.7. The molecule has 0 aromatic carbocycles. The molecule has 0 aliphatic carbocycles. The average Bonchev–Trinajstić information content (AvgIpc) is 3.24. The van der Waals surface area contributed by atoms with Gasteiger partial charge in [-0.05, 0) is 56.9 Å². The van der Waals surface area contributed by atoms with Gasteiger partial charge in [0.05, 0.1) is 18.1 Å². The summed E-state index contributed by atoms with van der Waals surface area (Å²) in [6.45, 7) is 5.73. The van der Waals surface area contributed by atoms with Gasteiger partial charge in [-0.3, -0.25) is 19.4 Å². The molecule has 1 atom stereocenters. The van der Waals surface area contributed by atoms with Gasteiger partial charge in [0.2, 0.25) is 5.95 Å². The van der Waals surface area contributed by atoms with Crippen molar-refractivity contribution in [3.05, 3.63) is 31.7 Å². The number of nitrogens with two attached hydrogens (primary N) is 2. The third kappa shape index (κ3) is 8.55. The highest BCUT2D eigenvalue weighted by Crippen LogP contribution is 2.26. The first-order valence-corrected chi connectivity index (χ1v) is 13.5. The zero-order valence-corrected chi connectivity index (χ0v) is 22.3. The monoisotopic (exact) mass is 539 g/mol. The maximum absolute atomic E-state index is 13.0. The molecular formula is C23H33N5O6S2. The van der Waals surface area contributed by atoms with Gasteiger partial charge in [-0.1, -0.05) is 6.92 Å². The van der Waals surface area contributed by atoms with E-state index in [9.17, 15) is 19.2 Å². The van der Waals surface area contributed by atoms with Crippen molar-refractivity contribution in [3.8, 4) is 0 Å². The summed E-state index contributed by atoms with van der Waals surface area (Å²) in [6.07, 6.45) is 2.15. The lowest BCUT2D eigenvalue weighted by Gasteiger charge is -2.17. The molecule has 198 valence electrons. The van der Waals surface area contributed by atoms with Crippen LogP contribution in [0, 0.1) is 0 Å². The number of anilines is 2. The zero-order valence-electron chi connectivity index (χ0n) is 20.7. The Morgan fingerprint density at radius 3 is 2.56 bits per heavy atom. The van der Waals surface area contributed by atoms with E-state index >= 15 is 0 Å². The molecule has 11 nitrogen and oxygen atoms in total. The number of H-pyrrole nitrogens is 1. The number of thioether (sulfide) groups is 1. The molecule has 2 rings (SSSR count).